The molecule has 0 aromatic heterocycles. The average molecular weight is 785 g/mol. The Morgan fingerprint density at radius 2 is 1.40 bits per heavy atom. The van der Waals surface area contributed by atoms with Gasteiger partial charge < -0.3 is 69.6 Å². The summed E-state index contributed by atoms with van der Waals surface area (Å²) < 4.78 is 31.9. The minimum absolute atomic E-state index is 0.0633. The third-order valence-corrected chi connectivity index (χ3v) is 17.6. The molecule has 8 fully saturated rings. The molecule has 3 heterocycles. The van der Waals surface area contributed by atoms with Gasteiger partial charge in [0.2, 0.25) is 0 Å². The van der Waals surface area contributed by atoms with Gasteiger partial charge in [-0.2, -0.15) is 0 Å². The smallest absolute Gasteiger partial charge is 0.186 e. The van der Waals surface area contributed by atoms with Crippen molar-refractivity contribution < 1.29 is 69.6 Å². The second kappa shape index (κ2) is 13.2. The summed E-state index contributed by atoms with van der Waals surface area (Å²) >= 11 is 0. The lowest BCUT2D eigenvalue weighted by atomic mass is 9.41. The molecular formula is C41H68O14. The van der Waals surface area contributed by atoms with Gasteiger partial charge in [0.1, 0.15) is 42.7 Å². The average Bonchev–Trinajstić information content (AvgIpc) is 3.47. The minimum Gasteiger partial charge on any atom is -0.394 e. The molecule has 21 atom stereocenters. The van der Waals surface area contributed by atoms with E-state index in [1.54, 1.807) is 13.8 Å². The highest BCUT2D eigenvalue weighted by Crippen LogP contribution is 2.89. The van der Waals surface area contributed by atoms with Crippen LogP contribution in [0.2, 0.25) is 0 Å². The van der Waals surface area contributed by atoms with Gasteiger partial charge in [-0.15, -0.1) is 0 Å². The number of aliphatic hydroxyl groups is 9. The Bertz CT molecular complexity index is 1460. The zero-order chi connectivity index (χ0) is 40.1. The summed E-state index contributed by atoms with van der Waals surface area (Å²) in [6, 6.07) is 0. The van der Waals surface area contributed by atoms with Crippen molar-refractivity contribution in [2.24, 2.45) is 44.8 Å². The maximum atomic E-state index is 12.2. The molecule has 0 radical (unpaired) electrons. The zero-order valence-electron chi connectivity index (χ0n) is 33.6. The molecule has 0 bridgehead atoms. The SMILES string of the molecule is CC(C)(O)[C@@H]1CC[C@](C)([C@H]2[C@@H](O)C[C@@]3(C)[C@@H]4C[C@H](O[C@@H]5O[C@H](CO)[C@@H](O)[C@H](O)[C@H]5O)[C@H]5C(C)(C)[C@@H](OC6OC[C@@H](O)[C@H](O)[C@H]6O)CC[C@@]56C[C@@]46CC[C@]23C)O1. The van der Waals surface area contributed by atoms with E-state index in [-0.39, 0.29) is 52.1 Å². The van der Waals surface area contributed by atoms with Gasteiger partial charge in [-0.25, -0.2) is 0 Å². The number of fused-ring (bicyclic) bond motifs is 2. The molecule has 9 N–H and O–H groups in total. The third kappa shape index (κ3) is 5.70. The first-order valence-electron chi connectivity index (χ1n) is 20.9. The van der Waals surface area contributed by atoms with E-state index in [1.807, 2.05) is 0 Å². The highest BCUT2D eigenvalue weighted by molar-refractivity contribution is 5.33. The maximum Gasteiger partial charge on any atom is 0.186 e. The fraction of sp³-hybridized carbons (Fsp3) is 1.00. The van der Waals surface area contributed by atoms with Gasteiger partial charge in [0, 0.05) is 5.92 Å². The predicted octanol–water partition coefficient (Wildman–Crippen LogP) is 0.724. The summed E-state index contributed by atoms with van der Waals surface area (Å²) in [7, 11) is 0. The molecule has 2 spiro atoms. The first-order chi connectivity index (χ1) is 25.5. The Morgan fingerprint density at radius 1 is 0.709 bits per heavy atom. The van der Waals surface area contributed by atoms with Crippen LogP contribution >= 0.6 is 0 Å². The van der Waals surface area contributed by atoms with Crippen LogP contribution in [0, 0.1) is 44.8 Å². The standard InChI is InChI=1S/C41H68O14/c1-35(2)24(54-33-29(48)26(45)20(44)17-51-33)9-11-41-18-40(41)13-12-37(5)31(39(7)10-8-25(55-39)36(3,4)50)19(43)15-38(37,6)23(40)14-21(32(35)41)52-34-30(49)28(47)27(46)22(16-42)53-34/h19-34,42-50H,8-18H2,1-7H3/t19-,20+,21-,22+,23-,24-,25-,26-,27+,28-,29+,30+,31-,32-,33?,34+,37+,38-,39+,40-,41+/m0/s1. The number of aliphatic hydroxyl groups excluding tert-OH is 8. The van der Waals surface area contributed by atoms with Gasteiger partial charge in [0.15, 0.2) is 12.6 Å². The van der Waals surface area contributed by atoms with E-state index in [0.717, 1.165) is 32.1 Å². The molecule has 316 valence electrons. The highest BCUT2D eigenvalue weighted by atomic mass is 16.7. The molecule has 5 saturated carbocycles. The minimum atomic E-state index is -1.60. The Labute approximate surface area is 324 Å². The number of rotatable bonds is 7. The molecule has 0 aromatic rings. The van der Waals surface area contributed by atoms with Crippen molar-refractivity contribution in [3.63, 3.8) is 0 Å². The second-order valence-corrected chi connectivity index (χ2v) is 21.1. The molecule has 3 aliphatic heterocycles. The van der Waals surface area contributed by atoms with E-state index in [9.17, 15) is 46.0 Å². The van der Waals surface area contributed by atoms with Gasteiger partial charge in [0.25, 0.3) is 0 Å². The zero-order valence-corrected chi connectivity index (χ0v) is 33.6. The summed E-state index contributed by atoms with van der Waals surface area (Å²) in [5.74, 6) is -0.215. The summed E-state index contributed by atoms with van der Waals surface area (Å²) in [5, 5.41) is 97.2. The van der Waals surface area contributed by atoms with Crippen LogP contribution in [0.25, 0.3) is 0 Å². The fourth-order valence-electron chi connectivity index (χ4n) is 14.9. The molecule has 55 heavy (non-hydrogen) atoms. The van der Waals surface area contributed by atoms with Crippen molar-refractivity contribution in [3.8, 4) is 0 Å². The van der Waals surface area contributed by atoms with Crippen molar-refractivity contribution in [3.05, 3.63) is 0 Å². The molecular weight excluding hydrogens is 716 g/mol. The second-order valence-electron chi connectivity index (χ2n) is 21.1. The monoisotopic (exact) mass is 784 g/mol. The van der Waals surface area contributed by atoms with Crippen molar-refractivity contribution in [1.82, 2.24) is 0 Å². The van der Waals surface area contributed by atoms with Crippen LogP contribution in [0.3, 0.4) is 0 Å². The van der Waals surface area contributed by atoms with Crippen LogP contribution in [-0.4, -0.2) is 150 Å². The van der Waals surface area contributed by atoms with Crippen molar-refractivity contribution in [2.45, 2.75) is 197 Å². The van der Waals surface area contributed by atoms with Crippen LogP contribution in [0.4, 0.5) is 0 Å². The Balaban J connectivity index is 1.15. The van der Waals surface area contributed by atoms with Gasteiger partial charge in [0.05, 0.1) is 48.8 Å². The Morgan fingerprint density at radius 3 is 2.05 bits per heavy atom. The topological polar surface area (TPSA) is 228 Å². The third-order valence-electron chi connectivity index (χ3n) is 17.6. The molecule has 8 aliphatic rings. The first kappa shape index (κ1) is 41.2. The molecule has 1 unspecified atom stereocenters. The molecule has 14 nitrogen and oxygen atoms in total. The van der Waals surface area contributed by atoms with Crippen molar-refractivity contribution in [2.75, 3.05) is 13.2 Å². The van der Waals surface area contributed by atoms with E-state index in [1.165, 1.54) is 0 Å². The number of hydrogen-bond acceptors (Lipinski definition) is 14. The lowest BCUT2D eigenvalue weighted by Crippen LogP contribution is -2.65. The van der Waals surface area contributed by atoms with Crippen LogP contribution in [0.1, 0.15) is 106 Å². The molecule has 5 aliphatic carbocycles. The molecule has 3 saturated heterocycles. The van der Waals surface area contributed by atoms with Crippen LogP contribution < -0.4 is 0 Å². The fourth-order valence-corrected chi connectivity index (χ4v) is 14.9. The van der Waals surface area contributed by atoms with Crippen LogP contribution in [-0.2, 0) is 23.7 Å². The van der Waals surface area contributed by atoms with Crippen LogP contribution in [0.15, 0.2) is 0 Å². The van der Waals surface area contributed by atoms with Gasteiger partial charge in [-0.1, -0.05) is 27.7 Å². The Hall–Kier alpha value is -0.560. The number of hydrogen-bond donors (Lipinski definition) is 9. The molecule has 0 amide bonds. The highest BCUT2D eigenvalue weighted by Gasteiger charge is 2.85. The van der Waals surface area contributed by atoms with E-state index in [4.69, 9.17) is 23.7 Å². The van der Waals surface area contributed by atoms with E-state index >= 15 is 0 Å². The summed E-state index contributed by atoms with van der Waals surface area (Å²) in [5.41, 5.74) is -3.16. The summed E-state index contributed by atoms with van der Waals surface area (Å²) in [6.45, 7) is 13.8. The van der Waals surface area contributed by atoms with E-state index in [0.29, 0.717) is 25.7 Å². The van der Waals surface area contributed by atoms with Crippen molar-refractivity contribution in [1.29, 1.82) is 0 Å². The quantitative estimate of drug-likeness (QED) is 0.162. The lowest BCUT2D eigenvalue weighted by molar-refractivity contribution is -0.339. The normalized spacial score (nSPS) is 58.7. The van der Waals surface area contributed by atoms with Gasteiger partial charge in [-0.3, -0.25) is 0 Å². The largest absolute Gasteiger partial charge is 0.394 e. The summed E-state index contributed by atoms with van der Waals surface area (Å²) in [6.07, 6.45) is -7.48. The summed E-state index contributed by atoms with van der Waals surface area (Å²) in [4.78, 5) is 0. The Kier molecular flexibility index (Phi) is 9.90. The van der Waals surface area contributed by atoms with Gasteiger partial charge >= 0.3 is 0 Å². The number of ether oxygens (including phenoxy) is 5. The van der Waals surface area contributed by atoms with Crippen LogP contribution in [0.5, 0.6) is 0 Å². The van der Waals surface area contributed by atoms with E-state index < -0.39 is 96.8 Å². The predicted molar refractivity (Wildman–Crippen MR) is 194 cm³/mol. The molecule has 8 rings (SSSR count). The van der Waals surface area contributed by atoms with E-state index in [2.05, 4.69) is 34.6 Å². The first-order valence-corrected chi connectivity index (χ1v) is 20.9. The molecule has 14 heteroatoms. The maximum absolute atomic E-state index is 12.2. The lowest BCUT2D eigenvalue weighted by Gasteiger charge is -2.65. The molecule has 0 aromatic carbocycles. The van der Waals surface area contributed by atoms with Gasteiger partial charge in [-0.05, 0) is 117 Å². The van der Waals surface area contributed by atoms with Crippen molar-refractivity contribution >= 4 is 0 Å².